The van der Waals surface area contributed by atoms with Crippen molar-refractivity contribution in [1.29, 1.82) is 0 Å². The molecule has 0 atom stereocenters. The Morgan fingerprint density at radius 3 is 2.83 bits per heavy atom. The molecule has 4 heteroatoms. The number of thiophene rings is 1. The maximum Gasteiger partial charge on any atom is 0.221 e. The molecule has 0 fully saturated rings. The van der Waals surface area contributed by atoms with Crippen LogP contribution in [0, 0.1) is 6.92 Å². The molecule has 0 aromatic carbocycles. The molecule has 1 N–H and O–H groups in total. The summed E-state index contributed by atoms with van der Waals surface area (Å²) in [5.41, 5.74) is 1.48. The number of rotatable bonds is 2. The number of hydrogen-bond acceptors (Lipinski definition) is 3. The smallest absolute Gasteiger partial charge is 0.221 e. The van der Waals surface area contributed by atoms with Gasteiger partial charge < -0.3 is 5.32 Å². The van der Waals surface area contributed by atoms with Crippen LogP contribution < -0.4 is 5.32 Å². The van der Waals surface area contributed by atoms with Crippen molar-refractivity contribution in [3.63, 3.8) is 0 Å². The minimum absolute atomic E-state index is 0.153. The fourth-order valence-electron chi connectivity index (χ4n) is 0.857. The van der Waals surface area contributed by atoms with Gasteiger partial charge in [0.25, 0.3) is 0 Å². The molecule has 64 valence electrons. The quantitative estimate of drug-likeness (QED) is 0.711. The van der Waals surface area contributed by atoms with Crippen molar-refractivity contribution in [1.82, 2.24) is 0 Å². The van der Waals surface area contributed by atoms with Crippen molar-refractivity contribution in [2.45, 2.75) is 13.8 Å². The van der Waals surface area contributed by atoms with Crippen molar-refractivity contribution in [3.05, 3.63) is 16.5 Å². The maximum absolute atomic E-state index is 10.7. The van der Waals surface area contributed by atoms with Gasteiger partial charge in [0.05, 0.1) is 5.56 Å². The van der Waals surface area contributed by atoms with E-state index in [1.807, 2.05) is 12.3 Å². The summed E-state index contributed by atoms with van der Waals surface area (Å²) in [6.07, 6.45) is 0.761. The van der Waals surface area contributed by atoms with E-state index in [0.717, 1.165) is 11.8 Å². The Labute approximate surface area is 74.4 Å². The molecule has 0 bridgehead atoms. The SMILES string of the molecule is CC(=O)Nc1scc(C)c1C=O. The molecule has 1 amide bonds. The van der Waals surface area contributed by atoms with Crippen molar-refractivity contribution >= 4 is 28.5 Å². The number of amides is 1. The number of hydrogen-bond donors (Lipinski definition) is 1. The molecule has 0 aliphatic carbocycles. The van der Waals surface area contributed by atoms with Gasteiger partial charge in [-0.3, -0.25) is 9.59 Å². The zero-order chi connectivity index (χ0) is 9.14. The number of carbonyl (C=O) groups is 2. The highest BCUT2D eigenvalue weighted by atomic mass is 32.1. The van der Waals surface area contributed by atoms with E-state index in [4.69, 9.17) is 0 Å². The second kappa shape index (κ2) is 3.49. The molecular formula is C8H9NO2S. The van der Waals surface area contributed by atoms with Gasteiger partial charge in [-0.25, -0.2) is 0 Å². The lowest BCUT2D eigenvalue weighted by Gasteiger charge is -1.97. The number of carbonyl (C=O) groups excluding carboxylic acids is 2. The van der Waals surface area contributed by atoms with Gasteiger partial charge in [-0.1, -0.05) is 0 Å². The molecule has 1 aromatic rings. The topological polar surface area (TPSA) is 46.2 Å². The van der Waals surface area contributed by atoms with Gasteiger partial charge >= 0.3 is 0 Å². The van der Waals surface area contributed by atoms with Crippen LogP contribution in [0.5, 0.6) is 0 Å². The minimum Gasteiger partial charge on any atom is -0.317 e. The van der Waals surface area contributed by atoms with Crippen molar-refractivity contribution in [2.75, 3.05) is 5.32 Å². The van der Waals surface area contributed by atoms with Crippen LogP contribution in [-0.4, -0.2) is 12.2 Å². The van der Waals surface area contributed by atoms with E-state index in [9.17, 15) is 9.59 Å². The molecule has 1 aromatic heterocycles. The third-order valence-corrected chi connectivity index (χ3v) is 2.46. The highest BCUT2D eigenvalue weighted by molar-refractivity contribution is 7.14. The highest BCUT2D eigenvalue weighted by Gasteiger charge is 2.07. The predicted octanol–water partition coefficient (Wildman–Crippen LogP) is 1.83. The average Bonchev–Trinajstić information content (AvgIpc) is 2.30. The van der Waals surface area contributed by atoms with Gasteiger partial charge in [0.15, 0.2) is 6.29 Å². The Morgan fingerprint density at radius 1 is 1.67 bits per heavy atom. The van der Waals surface area contributed by atoms with Gasteiger partial charge in [0.1, 0.15) is 5.00 Å². The van der Waals surface area contributed by atoms with E-state index >= 15 is 0 Å². The molecule has 3 nitrogen and oxygen atoms in total. The van der Waals surface area contributed by atoms with Crippen molar-refractivity contribution < 1.29 is 9.59 Å². The fraction of sp³-hybridized carbons (Fsp3) is 0.250. The fourth-order valence-corrected chi connectivity index (χ4v) is 1.82. The third-order valence-electron chi connectivity index (χ3n) is 1.43. The van der Waals surface area contributed by atoms with Crippen LogP contribution in [0.4, 0.5) is 5.00 Å². The number of aldehydes is 1. The zero-order valence-electron chi connectivity index (χ0n) is 6.88. The third kappa shape index (κ3) is 1.71. The first kappa shape index (κ1) is 8.93. The van der Waals surface area contributed by atoms with Crippen LogP contribution >= 0.6 is 11.3 Å². The van der Waals surface area contributed by atoms with Gasteiger partial charge in [-0.15, -0.1) is 11.3 Å². The second-order valence-corrected chi connectivity index (χ2v) is 3.34. The molecule has 1 rings (SSSR count). The summed E-state index contributed by atoms with van der Waals surface area (Å²) in [5.74, 6) is -0.153. The first-order valence-electron chi connectivity index (χ1n) is 3.46. The van der Waals surface area contributed by atoms with E-state index in [-0.39, 0.29) is 5.91 Å². The lowest BCUT2D eigenvalue weighted by atomic mass is 10.2. The minimum atomic E-state index is -0.153. The largest absolute Gasteiger partial charge is 0.317 e. The first-order chi connectivity index (χ1) is 5.65. The summed E-state index contributed by atoms with van der Waals surface area (Å²) >= 11 is 1.37. The van der Waals surface area contributed by atoms with Gasteiger partial charge in [-0.2, -0.15) is 0 Å². The van der Waals surface area contributed by atoms with Crippen LogP contribution in [0.3, 0.4) is 0 Å². The Balaban J connectivity index is 2.99. The summed E-state index contributed by atoms with van der Waals surface area (Å²) in [7, 11) is 0. The molecule has 0 spiro atoms. The molecule has 0 unspecified atom stereocenters. The number of nitrogens with one attached hydrogen (secondary N) is 1. The summed E-state index contributed by atoms with van der Waals surface area (Å²) in [5, 5.41) is 5.07. The zero-order valence-corrected chi connectivity index (χ0v) is 7.70. The number of aryl methyl sites for hydroxylation is 1. The summed E-state index contributed by atoms with van der Waals surface area (Å²) in [6.45, 7) is 3.26. The normalized spacial score (nSPS) is 9.50. The van der Waals surface area contributed by atoms with Crippen LogP contribution in [0.25, 0.3) is 0 Å². The Bertz CT molecular complexity index is 317. The van der Waals surface area contributed by atoms with Gasteiger partial charge in [-0.05, 0) is 17.9 Å². The monoisotopic (exact) mass is 183 g/mol. The average molecular weight is 183 g/mol. The van der Waals surface area contributed by atoms with Crippen molar-refractivity contribution in [3.8, 4) is 0 Å². The standard InChI is InChI=1S/C8H9NO2S/c1-5-4-12-8(7(5)3-10)9-6(2)11/h3-4H,1-2H3,(H,9,11). The Kier molecular flexibility index (Phi) is 2.60. The van der Waals surface area contributed by atoms with Crippen LogP contribution in [0.1, 0.15) is 22.8 Å². The highest BCUT2D eigenvalue weighted by Crippen LogP contribution is 2.25. The Morgan fingerprint density at radius 2 is 2.33 bits per heavy atom. The van der Waals surface area contributed by atoms with Crippen LogP contribution in [-0.2, 0) is 4.79 Å². The van der Waals surface area contributed by atoms with Crippen LogP contribution in [0.15, 0.2) is 5.38 Å². The molecule has 0 aliphatic rings. The number of anilines is 1. The summed E-state index contributed by atoms with van der Waals surface area (Å²) < 4.78 is 0. The molecule has 0 radical (unpaired) electrons. The van der Waals surface area contributed by atoms with E-state index in [1.54, 1.807) is 0 Å². The van der Waals surface area contributed by atoms with Gasteiger partial charge in [0.2, 0.25) is 5.91 Å². The second-order valence-electron chi connectivity index (χ2n) is 2.46. The molecule has 12 heavy (non-hydrogen) atoms. The summed E-state index contributed by atoms with van der Waals surface area (Å²) in [6, 6.07) is 0. The van der Waals surface area contributed by atoms with E-state index in [2.05, 4.69) is 5.32 Å². The van der Waals surface area contributed by atoms with Gasteiger partial charge in [0, 0.05) is 6.92 Å². The molecular weight excluding hydrogens is 174 g/mol. The molecule has 1 heterocycles. The van der Waals surface area contributed by atoms with Crippen molar-refractivity contribution in [2.24, 2.45) is 0 Å². The van der Waals surface area contributed by atoms with Crippen LogP contribution in [0.2, 0.25) is 0 Å². The molecule has 0 saturated carbocycles. The maximum atomic E-state index is 10.7. The van der Waals surface area contributed by atoms with E-state index < -0.39 is 0 Å². The predicted molar refractivity (Wildman–Crippen MR) is 48.7 cm³/mol. The lowest BCUT2D eigenvalue weighted by molar-refractivity contribution is -0.114. The Hall–Kier alpha value is -1.16. The van der Waals surface area contributed by atoms with E-state index in [1.165, 1.54) is 18.3 Å². The molecule has 0 saturated heterocycles. The summed E-state index contributed by atoms with van der Waals surface area (Å²) in [4.78, 5) is 21.2. The van der Waals surface area contributed by atoms with E-state index in [0.29, 0.717) is 10.6 Å². The first-order valence-corrected chi connectivity index (χ1v) is 4.34. The lowest BCUT2D eigenvalue weighted by Crippen LogP contribution is -2.05. The molecule has 0 aliphatic heterocycles.